The number of hydrogen-bond acceptors (Lipinski definition) is 8. The third-order valence-electron chi connectivity index (χ3n) is 14.2. The van der Waals surface area contributed by atoms with Gasteiger partial charge in [-0.3, -0.25) is 18.6 Å². The molecule has 0 saturated carbocycles. The second kappa shape index (κ2) is 65.1. The Hall–Kier alpha value is -3.07. The molecule has 0 aliphatic carbocycles. The summed E-state index contributed by atoms with van der Waals surface area (Å²) in [5.74, 6) is -0.816. The standard InChI is InChI=1S/C70H124NO8P/c1-3-5-7-9-11-13-15-17-19-21-23-24-25-26-27-28-29-30-31-32-33-34-35-36-37-38-39-40-41-42-43-44-45-47-49-51-53-55-57-59-61-63-70(73)79-68(67-78-80(74,75)77-65-64-71)66-76-69(72)62-60-58-56-54-52-50-48-46-22-20-18-16-14-12-10-8-6-4-2/h5,7,11,13,17,19,23-24,26-27,29-30,32-33,35-36,68H,3-4,6,8-10,12,14-16,18,20-22,25,28,31,34,37-67,71H2,1-2H3,(H,74,75)/b7-5-,13-11-,19-17-,24-23-,27-26-,30-29-,33-32-,36-35-. The van der Waals surface area contributed by atoms with E-state index in [2.05, 4.69) is 111 Å². The van der Waals surface area contributed by atoms with Gasteiger partial charge in [0.15, 0.2) is 6.10 Å². The second-order valence-corrected chi connectivity index (χ2v) is 23.4. The highest BCUT2D eigenvalue weighted by Gasteiger charge is 2.26. The third kappa shape index (κ3) is 64.1. The zero-order valence-corrected chi connectivity index (χ0v) is 52.7. The zero-order chi connectivity index (χ0) is 58.0. The lowest BCUT2D eigenvalue weighted by Gasteiger charge is -2.19. The van der Waals surface area contributed by atoms with Gasteiger partial charge in [-0.15, -0.1) is 0 Å². The SMILES string of the molecule is CC/C=C\C/C=C\C/C=C\C/C=C\C/C=C\C/C=C\C/C=C\C/C=C\CCCCCCCCCCCCCCCCCCC(=O)OC(COC(=O)CCCCCCCCCCCCCCCCCCCC)COP(=O)(O)OCCN. The molecule has 0 bridgehead atoms. The fourth-order valence-electron chi connectivity index (χ4n) is 9.36. The second-order valence-electron chi connectivity index (χ2n) is 22.0. The number of unbranched alkanes of at least 4 members (excludes halogenated alkanes) is 33. The van der Waals surface area contributed by atoms with E-state index in [9.17, 15) is 19.0 Å². The van der Waals surface area contributed by atoms with Crippen molar-refractivity contribution in [1.82, 2.24) is 0 Å². The first kappa shape index (κ1) is 76.9. The summed E-state index contributed by atoms with van der Waals surface area (Å²) in [6, 6.07) is 0. The van der Waals surface area contributed by atoms with Gasteiger partial charge >= 0.3 is 19.8 Å². The molecule has 10 heteroatoms. The molecule has 462 valence electrons. The molecule has 0 radical (unpaired) electrons. The molecule has 0 rings (SSSR count). The summed E-state index contributed by atoms with van der Waals surface area (Å²) in [7, 11) is -4.39. The van der Waals surface area contributed by atoms with Crippen LogP contribution in [0.2, 0.25) is 0 Å². The van der Waals surface area contributed by atoms with Crippen LogP contribution in [-0.4, -0.2) is 49.3 Å². The van der Waals surface area contributed by atoms with Crippen LogP contribution in [0.15, 0.2) is 97.2 Å². The number of allylic oxidation sites excluding steroid dienone is 16. The molecule has 2 atom stereocenters. The molecule has 0 aromatic carbocycles. The third-order valence-corrected chi connectivity index (χ3v) is 15.2. The Labute approximate surface area is 493 Å². The van der Waals surface area contributed by atoms with Crippen molar-refractivity contribution in [2.24, 2.45) is 5.73 Å². The van der Waals surface area contributed by atoms with Crippen LogP contribution in [0.25, 0.3) is 0 Å². The molecule has 0 aliphatic heterocycles. The molecule has 2 unspecified atom stereocenters. The van der Waals surface area contributed by atoms with Crippen LogP contribution in [0.3, 0.4) is 0 Å². The lowest BCUT2D eigenvalue weighted by atomic mass is 10.0. The van der Waals surface area contributed by atoms with Crippen molar-refractivity contribution in [3.05, 3.63) is 97.2 Å². The van der Waals surface area contributed by atoms with Crippen molar-refractivity contribution >= 4 is 19.8 Å². The molecule has 0 aromatic rings. The Balaban J connectivity index is 3.85. The molecule has 0 aliphatic rings. The smallest absolute Gasteiger partial charge is 0.462 e. The number of phosphoric ester groups is 1. The molecule has 0 saturated heterocycles. The summed E-state index contributed by atoms with van der Waals surface area (Å²) in [6.07, 6.45) is 87.8. The van der Waals surface area contributed by atoms with Gasteiger partial charge in [0.25, 0.3) is 0 Å². The van der Waals surface area contributed by atoms with Gasteiger partial charge < -0.3 is 20.1 Å². The first-order valence-electron chi connectivity index (χ1n) is 33.2. The minimum absolute atomic E-state index is 0.0529. The zero-order valence-electron chi connectivity index (χ0n) is 51.8. The summed E-state index contributed by atoms with van der Waals surface area (Å²) in [6.45, 7) is 3.67. The number of carbonyl (C=O) groups excluding carboxylic acids is 2. The lowest BCUT2D eigenvalue weighted by molar-refractivity contribution is -0.161. The predicted molar refractivity (Wildman–Crippen MR) is 344 cm³/mol. The van der Waals surface area contributed by atoms with Gasteiger partial charge in [0.1, 0.15) is 6.61 Å². The molecule has 9 nitrogen and oxygen atoms in total. The number of hydrogen-bond donors (Lipinski definition) is 2. The summed E-state index contributed by atoms with van der Waals surface area (Å²) in [5.41, 5.74) is 5.39. The maximum atomic E-state index is 12.7. The van der Waals surface area contributed by atoms with Crippen LogP contribution >= 0.6 is 7.82 Å². The number of phosphoric acid groups is 1. The monoisotopic (exact) mass is 1140 g/mol. The number of esters is 2. The average Bonchev–Trinajstić information content (AvgIpc) is 3.45. The van der Waals surface area contributed by atoms with E-state index >= 15 is 0 Å². The molecular weight excluding hydrogens is 1010 g/mol. The minimum Gasteiger partial charge on any atom is -0.462 e. The fourth-order valence-corrected chi connectivity index (χ4v) is 10.1. The first-order chi connectivity index (χ1) is 39.3. The van der Waals surface area contributed by atoms with Crippen molar-refractivity contribution < 1.29 is 37.6 Å². The van der Waals surface area contributed by atoms with E-state index in [-0.39, 0.29) is 38.6 Å². The Morgan fingerprint density at radius 1 is 0.388 bits per heavy atom. The van der Waals surface area contributed by atoms with Crippen molar-refractivity contribution in [2.75, 3.05) is 26.4 Å². The van der Waals surface area contributed by atoms with E-state index in [0.29, 0.717) is 6.42 Å². The maximum absolute atomic E-state index is 12.7. The average molecular weight is 1140 g/mol. The quantitative estimate of drug-likeness (QED) is 0.0264. The van der Waals surface area contributed by atoms with Crippen LogP contribution in [-0.2, 0) is 32.7 Å². The summed E-state index contributed by atoms with van der Waals surface area (Å²) in [4.78, 5) is 35.3. The number of carbonyl (C=O) groups is 2. The molecule has 80 heavy (non-hydrogen) atoms. The van der Waals surface area contributed by atoms with E-state index < -0.39 is 26.5 Å². The number of nitrogens with two attached hydrogens (primary N) is 1. The predicted octanol–water partition coefficient (Wildman–Crippen LogP) is 21.6. The van der Waals surface area contributed by atoms with Gasteiger partial charge in [0.05, 0.1) is 13.2 Å². The molecular formula is C70H124NO8P. The highest BCUT2D eigenvalue weighted by Crippen LogP contribution is 2.43. The van der Waals surface area contributed by atoms with Crippen molar-refractivity contribution in [3.8, 4) is 0 Å². The Morgan fingerprint density at radius 2 is 0.688 bits per heavy atom. The highest BCUT2D eigenvalue weighted by atomic mass is 31.2. The maximum Gasteiger partial charge on any atom is 0.472 e. The van der Waals surface area contributed by atoms with Gasteiger partial charge in [-0.1, -0.05) is 310 Å². The van der Waals surface area contributed by atoms with Gasteiger partial charge in [-0.05, 0) is 77.0 Å². The normalized spacial score (nSPS) is 13.6. The molecule has 0 heterocycles. The summed E-state index contributed by atoms with van der Waals surface area (Å²) < 4.78 is 33.1. The fraction of sp³-hybridized carbons (Fsp3) is 0.743. The van der Waals surface area contributed by atoms with E-state index in [1.807, 2.05) is 0 Å². The number of ether oxygens (including phenoxy) is 2. The van der Waals surface area contributed by atoms with Gasteiger partial charge in [-0.2, -0.15) is 0 Å². The molecule has 0 fully saturated rings. The number of rotatable bonds is 62. The van der Waals surface area contributed by atoms with E-state index in [1.54, 1.807) is 0 Å². The van der Waals surface area contributed by atoms with Gasteiger partial charge in [0, 0.05) is 19.4 Å². The summed E-state index contributed by atoms with van der Waals surface area (Å²) >= 11 is 0. The Bertz CT molecular complexity index is 1630. The van der Waals surface area contributed by atoms with Crippen molar-refractivity contribution in [2.45, 2.75) is 309 Å². The van der Waals surface area contributed by atoms with E-state index in [1.165, 1.54) is 180 Å². The molecule has 0 spiro atoms. The molecule has 0 amide bonds. The van der Waals surface area contributed by atoms with Crippen LogP contribution in [0.4, 0.5) is 0 Å². The van der Waals surface area contributed by atoms with E-state index in [4.69, 9.17) is 24.3 Å². The van der Waals surface area contributed by atoms with Crippen molar-refractivity contribution in [3.63, 3.8) is 0 Å². The Kier molecular flexibility index (Phi) is 62.6. The summed E-state index contributed by atoms with van der Waals surface area (Å²) in [5, 5.41) is 0. The molecule has 0 aromatic heterocycles. The Morgan fingerprint density at radius 3 is 1.02 bits per heavy atom. The van der Waals surface area contributed by atoms with Crippen LogP contribution in [0, 0.1) is 0 Å². The van der Waals surface area contributed by atoms with Gasteiger partial charge in [-0.25, -0.2) is 4.57 Å². The van der Waals surface area contributed by atoms with Crippen molar-refractivity contribution in [1.29, 1.82) is 0 Å². The highest BCUT2D eigenvalue weighted by molar-refractivity contribution is 7.47. The lowest BCUT2D eigenvalue weighted by Crippen LogP contribution is -2.29. The van der Waals surface area contributed by atoms with Crippen LogP contribution < -0.4 is 5.73 Å². The topological polar surface area (TPSA) is 134 Å². The first-order valence-corrected chi connectivity index (χ1v) is 34.7. The largest absolute Gasteiger partial charge is 0.472 e. The minimum atomic E-state index is -4.39. The molecule has 3 N–H and O–H groups in total. The van der Waals surface area contributed by atoms with E-state index in [0.717, 1.165) is 89.9 Å². The van der Waals surface area contributed by atoms with Crippen LogP contribution in [0.1, 0.15) is 303 Å². The van der Waals surface area contributed by atoms with Gasteiger partial charge in [0.2, 0.25) is 0 Å². The van der Waals surface area contributed by atoms with Crippen LogP contribution in [0.5, 0.6) is 0 Å².